The summed E-state index contributed by atoms with van der Waals surface area (Å²) in [5, 5.41) is 0. The molecule has 0 aromatic rings. The Bertz CT molecular complexity index is 231. The predicted octanol–water partition coefficient (Wildman–Crippen LogP) is -0.155. The van der Waals surface area contributed by atoms with Crippen LogP contribution in [-0.4, -0.2) is 43.9 Å². The zero-order chi connectivity index (χ0) is 12.6. The van der Waals surface area contributed by atoms with E-state index in [4.69, 9.17) is 19.9 Å². The van der Waals surface area contributed by atoms with Gasteiger partial charge in [0.1, 0.15) is 6.04 Å². The first-order valence-electron chi connectivity index (χ1n) is 5.28. The highest BCUT2D eigenvalue weighted by molar-refractivity contribution is 5.86. The van der Waals surface area contributed by atoms with Gasteiger partial charge in [-0.1, -0.05) is 0 Å². The number of rotatable bonds is 7. The third-order valence-corrected chi connectivity index (χ3v) is 1.75. The van der Waals surface area contributed by atoms with Crippen molar-refractivity contribution in [1.82, 2.24) is 0 Å². The molecule has 94 valence electrons. The SMILES string of the molecule is CCOC(=O)C(N)C(OCC)C(=O)OCC. The Morgan fingerprint density at radius 1 is 1.00 bits per heavy atom. The second-order valence-corrected chi connectivity index (χ2v) is 2.91. The van der Waals surface area contributed by atoms with E-state index in [0.29, 0.717) is 0 Å². The van der Waals surface area contributed by atoms with Gasteiger partial charge < -0.3 is 19.9 Å². The molecule has 0 saturated heterocycles. The Kier molecular flexibility index (Phi) is 7.49. The minimum Gasteiger partial charge on any atom is -0.465 e. The van der Waals surface area contributed by atoms with Gasteiger partial charge in [0.15, 0.2) is 6.10 Å². The molecule has 0 aromatic carbocycles. The largest absolute Gasteiger partial charge is 0.465 e. The van der Waals surface area contributed by atoms with Gasteiger partial charge in [0.05, 0.1) is 13.2 Å². The van der Waals surface area contributed by atoms with Crippen molar-refractivity contribution in [2.24, 2.45) is 5.73 Å². The Balaban J connectivity index is 4.50. The highest BCUT2D eigenvalue weighted by atomic mass is 16.6. The van der Waals surface area contributed by atoms with Crippen molar-refractivity contribution >= 4 is 11.9 Å². The van der Waals surface area contributed by atoms with Gasteiger partial charge in [-0.15, -0.1) is 0 Å². The summed E-state index contributed by atoms with van der Waals surface area (Å²) in [6, 6.07) is -1.15. The van der Waals surface area contributed by atoms with Gasteiger partial charge in [0.25, 0.3) is 0 Å². The van der Waals surface area contributed by atoms with Crippen LogP contribution in [0.4, 0.5) is 0 Å². The van der Waals surface area contributed by atoms with Crippen molar-refractivity contribution in [1.29, 1.82) is 0 Å². The summed E-state index contributed by atoms with van der Waals surface area (Å²) < 4.78 is 14.5. The van der Waals surface area contributed by atoms with E-state index < -0.39 is 24.1 Å². The van der Waals surface area contributed by atoms with Crippen LogP contribution in [-0.2, 0) is 23.8 Å². The van der Waals surface area contributed by atoms with Gasteiger partial charge in [-0.05, 0) is 20.8 Å². The lowest BCUT2D eigenvalue weighted by Crippen LogP contribution is -2.49. The number of carbonyl (C=O) groups is 2. The lowest BCUT2D eigenvalue weighted by Gasteiger charge is -2.20. The molecule has 0 aliphatic carbocycles. The highest BCUT2D eigenvalue weighted by Gasteiger charge is 2.33. The molecule has 0 radical (unpaired) electrons. The average molecular weight is 233 g/mol. The second kappa shape index (κ2) is 8.06. The highest BCUT2D eigenvalue weighted by Crippen LogP contribution is 2.03. The summed E-state index contributed by atoms with van der Waals surface area (Å²) in [5.74, 6) is -1.32. The molecule has 0 spiro atoms. The summed E-state index contributed by atoms with van der Waals surface area (Å²) in [6.07, 6.45) is -1.11. The Labute approximate surface area is 95.0 Å². The summed E-state index contributed by atoms with van der Waals surface area (Å²) >= 11 is 0. The molecule has 0 aromatic heterocycles. The maximum atomic E-state index is 11.4. The van der Waals surface area contributed by atoms with Crippen LogP contribution in [0.3, 0.4) is 0 Å². The molecule has 2 atom stereocenters. The Hall–Kier alpha value is -1.14. The first kappa shape index (κ1) is 14.9. The van der Waals surface area contributed by atoms with Gasteiger partial charge in [-0.2, -0.15) is 0 Å². The standard InChI is InChI=1S/C10H19NO5/c1-4-14-8(10(13)16-6-3)7(11)9(12)15-5-2/h7-8H,4-6,11H2,1-3H3. The Morgan fingerprint density at radius 2 is 1.50 bits per heavy atom. The third kappa shape index (κ3) is 4.59. The zero-order valence-corrected chi connectivity index (χ0v) is 9.89. The van der Waals surface area contributed by atoms with Crippen molar-refractivity contribution in [2.75, 3.05) is 19.8 Å². The van der Waals surface area contributed by atoms with Gasteiger partial charge >= 0.3 is 11.9 Å². The predicted molar refractivity (Wildman–Crippen MR) is 56.7 cm³/mol. The molecule has 0 saturated carbocycles. The maximum Gasteiger partial charge on any atom is 0.337 e. The van der Waals surface area contributed by atoms with Crippen LogP contribution in [0.2, 0.25) is 0 Å². The molecule has 0 rings (SSSR count). The van der Waals surface area contributed by atoms with Crippen LogP contribution in [0.5, 0.6) is 0 Å². The lowest BCUT2D eigenvalue weighted by atomic mass is 10.2. The lowest BCUT2D eigenvalue weighted by molar-refractivity contribution is -0.165. The fraction of sp³-hybridized carbons (Fsp3) is 0.800. The van der Waals surface area contributed by atoms with E-state index in [0.717, 1.165) is 0 Å². The molecule has 0 heterocycles. The van der Waals surface area contributed by atoms with E-state index in [-0.39, 0.29) is 19.8 Å². The monoisotopic (exact) mass is 233 g/mol. The topological polar surface area (TPSA) is 87.9 Å². The molecular formula is C10H19NO5. The number of esters is 2. The van der Waals surface area contributed by atoms with Crippen LogP contribution < -0.4 is 5.73 Å². The van der Waals surface area contributed by atoms with E-state index >= 15 is 0 Å². The zero-order valence-electron chi connectivity index (χ0n) is 9.89. The van der Waals surface area contributed by atoms with Crippen molar-refractivity contribution in [3.8, 4) is 0 Å². The molecule has 6 nitrogen and oxygen atoms in total. The number of ether oxygens (including phenoxy) is 3. The van der Waals surface area contributed by atoms with E-state index in [1.54, 1.807) is 20.8 Å². The first-order valence-corrected chi connectivity index (χ1v) is 5.28. The van der Waals surface area contributed by atoms with Crippen LogP contribution in [0.15, 0.2) is 0 Å². The average Bonchev–Trinajstić information content (AvgIpc) is 2.25. The normalized spacial score (nSPS) is 14.0. The molecule has 0 fully saturated rings. The van der Waals surface area contributed by atoms with Gasteiger partial charge in [-0.3, -0.25) is 4.79 Å². The fourth-order valence-corrected chi connectivity index (χ4v) is 1.08. The summed E-state index contributed by atoms with van der Waals surface area (Å²) in [7, 11) is 0. The van der Waals surface area contributed by atoms with Crippen LogP contribution >= 0.6 is 0 Å². The molecular weight excluding hydrogens is 214 g/mol. The molecule has 0 amide bonds. The smallest absolute Gasteiger partial charge is 0.337 e. The van der Waals surface area contributed by atoms with Crippen LogP contribution in [0.1, 0.15) is 20.8 Å². The Morgan fingerprint density at radius 3 is 1.94 bits per heavy atom. The first-order chi connectivity index (χ1) is 7.58. The number of hydrogen-bond acceptors (Lipinski definition) is 6. The molecule has 2 N–H and O–H groups in total. The van der Waals surface area contributed by atoms with E-state index in [1.165, 1.54) is 0 Å². The van der Waals surface area contributed by atoms with Crippen LogP contribution in [0.25, 0.3) is 0 Å². The van der Waals surface area contributed by atoms with Gasteiger partial charge in [0.2, 0.25) is 0 Å². The van der Waals surface area contributed by atoms with Crippen molar-refractivity contribution < 1.29 is 23.8 Å². The second-order valence-electron chi connectivity index (χ2n) is 2.91. The van der Waals surface area contributed by atoms with Crippen molar-refractivity contribution in [3.63, 3.8) is 0 Å². The number of carbonyl (C=O) groups excluding carboxylic acids is 2. The van der Waals surface area contributed by atoms with Crippen LogP contribution in [0, 0.1) is 0 Å². The minimum absolute atomic E-state index is 0.203. The molecule has 0 aliphatic rings. The van der Waals surface area contributed by atoms with Crippen molar-refractivity contribution in [2.45, 2.75) is 32.9 Å². The summed E-state index contributed by atoms with van der Waals surface area (Å²) in [5.41, 5.74) is 5.56. The summed E-state index contributed by atoms with van der Waals surface area (Å²) in [6.45, 7) is 5.69. The minimum atomic E-state index is -1.15. The fourth-order valence-electron chi connectivity index (χ4n) is 1.08. The van der Waals surface area contributed by atoms with E-state index in [2.05, 4.69) is 0 Å². The molecule has 16 heavy (non-hydrogen) atoms. The molecule has 0 bridgehead atoms. The van der Waals surface area contributed by atoms with Crippen molar-refractivity contribution in [3.05, 3.63) is 0 Å². The quantitative estimate of drug-likeness (QED) is 0.615. The van der Waals surface area contributed by atoms with E-state index in [9.17, 15) is 9.59 Å². The summed E-state index contributed by atoms with van der Waals surface area (Å²) in [4.78, 5) is 22.8. The van der Waals surface area contributed by atoms with E-state index in [1.807, 2.05) is 0 Å². The van der Waals surface area contributed by atoms with Gasteiger partial charge in [-0.25, -0.2) is 4.79 Å². The third-order valence-electron chi connectivity index (χ3n) is 1.75. The molecule has 6 heteroatoms. The number of hydrogen-bond donors (Lipinski definition) is 1. The number of nitrogens with two attached hydrogens (primary N) is 1. The maximum absolute atomic E-state index is 11.4. The molecule has 2 unspecified atom stereocenters. The molecule has 0 aliphatic heterocycles. The van der Waals surface area contributed by atoms with Gasteiger partial charge in [0, 0.05) is 6.61 Å².